The van der Waals surface area contributed by atoms with E-state index in [1.807, 2.05) is 0 Å². The molecule has 0 amide bonds. The number of aromatic nitrogens is 5. The second-order valence-corrected chi connectivity index (χ2v) is 5.19. The zero-order chi connectivity index (χ0) is 16.5. The molecule has 2 rings (SSSR count). The number of ether oxygens (including phenoxy) is 1. The smallest absolute Gasteiger partial charge is 0.222 e. The summed E-state index contributed by atoms with van der Waals surface area (Å²) in [5.41, 5.74) is 6.35. The fraction of sp³-hybridized carbons (Fsp3) is 0.571. The summed E-state index contributed by atoms with van der Waals surface area (Å²) in [5.74, 6) is 1.18. The van der Waals surface area contributed by atoms with Gasteiger partial charge in [-0.15, -0.1) is 0 Å². The molecule has 0 spiro atoms. The number of unbranched alkanes of at least 4 members (excludes halogenated alkanes) is 1. The van der Waals surface area contributed by atoms with Crippen LogP contribution in [0.15, 0.2) is 12.4 Å². The molecule has 0 radical (unpaired) electrons. The quantitative estimate of drug-likeness (QED) is 0.511. The molecule has 23 heavy (non-hydrogen) atoms. The summed E-state index contributed by atoms with van der Waals surface area (Å²) in [6.45, 7) is 2.49. The van der Waals surface area contributed by atoms with Crippen LogP contribution in [0.2, 0.25) is 0 Å². The molecule has 0 saturated carbocycles. The molecule has 9 heteroatoms. The Balaban J connectivity index is 2.06. The van der Waals surface area contributed by atoms with Gasteiger partial charge in [-0.1, -0.05) is 19.8 Å². The van der Waals surface area contributed by atoms with E-state index in [1.54, 1.807) is 6.20 Å². The normalized spacial score (nSPS) is 12.1. The summed E-state index contributed by atoms with van der Waals surface area (Å²) in [4.78, 5) is 8.17. The number of anilines is 2. The Bertz CT molecular complexity index is 577. The Morgan fingerprint density at radius 3 is 2.96 bits per heavy atom. The molecular weight excluding hydrogens is 298 g/mol. The summed E-state index contributed by atoms with van der Waals surface area (Å²) in [7, 11) is 0. The van der Waals surface area contributed by atoms with Crippen LogP contribution < -0.4 is 15.8 Å². The van der Waals surface area contributed by atoms with Crippen molar-refractivity contribution < 1.29 is 9.84 Å². The molecule has 5 N–H and O–H groups in total. The lowest BCUT2D eigenvalue weighted by molar-refractivity contribution is 0.275. The van der Waals surface area contributed by atoms with Crippen LogP contribution in [-0.4, -0.2) is 43.1 Å². The van der Waals surface area contributed by atoms with E-state index in [0.29, 0.717) is 23.7 Å². The maximum Gasteiger partial charge on any atom is 0.222 e. The molecule has 1 atom stereocenters. The third kappa shape index (κ3) is 5.37. The first-order valence-corrected chi connectivity index (χ1v) is 7.70. The van der Waals surface area contributed by atoms with Gasteiger partial charge >= 0.3 is 0 Å². The average molecular weight is 321 g/mol. The largest absolute Gasteiger partial charge is 0.482 e. The van der Waals surface area contributed by atoms with Crippen LogP contribution in [-0.2, 0) is 6.61 Å². The number of hydrogen-bond acceptors (Lipinski definition) is 8. The second-order valence-electron chi connectivity index (χ2n) is 5.19. The summed E-state index contributed by atoms with van der Waals surface area (Å²) >= 11 is 0. The molecule has 126 valence electrons. The van der Waals surface area contributed by atoms with E-state index >= 15 is 0 Å². The van der Waals surface area contributed by atoms with Gasteiger partial charge in [0, 0.05) is 12.6 Å². The zero-order valence-electron chi connectivity index (χ0n) is 13.2. The summed E-state index contributed by atoms with van der Waals surface area (Å²) in [5, 5.41) is 22.7. The topological polar surface area (TPSA) is 135 Å². The molecule has 0 unspecified atom stereocenters. The van der Waals surface area contributed by atoms with Crippen molar-refractivity contribution in [2.45, 2.75) is 45.3 Å². The molecular formula is C14H23N7O2. The summed E-state index contributed by atoms with van der Waals surface area (Å²) < 4.78 is 5.69. The minimum atomic E-state index is 0.101. The van der Waals surface area contributed by atoms with Gasteiger partial charge in [0.15, 0.2) is 11.6 Å². The third-order valence-electron chi connectivity index (χ3n) is 3.34. The fourth-order valence-corrected chi connectivity index (χ4v) is 2.13. The Labute approximate surface area is 134 Å². The number of nitrogens with two attached hydrogens (primary N) is 1. The minimum absolute atomic E-state index is 0.101. The Morgan fingerprint density at radius 1 is 1.39 bits per heavy atom. The number of aromatic amines is 1. The van der Waals surface area contributed by atoms with E-state index in [0.717, 1.165) is 19.3 Å². The van der Waals surface area contributed by atoms with Gasteiger partial charge in [0.05, 0.1) is 12.4 Å². The molecule has 0 saturated heterocycles. The predicted octanol–water partition coefficient (Wildman–Crippen LogP) is 1.11. The lowest BCUT2D eigenvalue weighted by Gasteiger charge is -2.20. The van der Waals surface area contributed by atoms with Crippen LogP contribution in [0.1, 0.15) is 38.3 Å². The van der Waals surface area contributed by atoms with Crippen molar-refractivity contribution in [1.29, 1.82) is 0 Å². The van der Waals surface area contributed by atoms with Gasteiger partial charge in [-0.3, -0.25) is 0 Å². The van der Waals surface area contributed by atoms with Crippen LogP contribution in [0.4, 0.5) is 11.8 Å². The van der Waals surface area contributed by atoms with E-state index in [9.17, 15) is 5.11 Å². The Morgan fingerprint density at radius 2 is 2.26 bits per heavy atom. The zero-order valence-corrected chi connectivity index (χ0v) is 13.2. The fourth-order valence-electron chi connectivity index (χ4n) is 2.13. The minimum Gasteiger partial charge on any atom is -0.482 e. The van der Waals surface area contributed by atoms with Crippen molar-refractivity contribution in [2.24, 2.45) is 0 Å². The van der Waals surface area contributed by atoms with Crippen LogP contribution >= 0.6 is 0 Å². The van der Waals surface area contributed by atoms with E-state index in [4.69, 9.17) is 10.5 Å². The van der Waals surface area contributed by atoms with Crippen LogP contribution in [0.3, 0.4) is 0 Å². The van der Waals surface area contributed by atoms with Gasteiger partial charge in [-0.2, -0.15) is 20.4 Å². The average Bonchev–Trinajstić information content (AvgIpc) is 3.05. The highest BCUT2D eigenvalue weighted by atomic mass is 16.5. The standard InChI is InChI=1S/C14H23N7O2/c1-2-3-4-10(5-6-22)18-13-12(8-16-14(15)19-13)23-9-11-7-17-21-20-11/h7-8,10,22H,2-6,9H2,1H3,(H,17,20,21)(H3,15,16,18,19)/t10-/m0/s1. The first-order chi connectivity index (χ1) is 11.2. The second kappa shape index (κ2) is 8.89. The number of nitrogens with zero attached hydrogens (tertiary/aromatic N) is 4. The van der Waals surface area contributed by atoms with Gasteiger partial charge in [0.1, 0.15) is 12.3 Å². The van der Waals surface area contributed by atoms with Crippen molar-refractivity contribution in [3.63, 3.8) is 0 Å². The maximum atomic E-state index is 9.22. The van der Waals surface area contributed by atoms with Crippen molar-refractivity contribution in [3.8, 4) is 5.75 Å². The molecule has 2 aromatic rings. The van der Waals surface area contributed by atoms with E-state index in [2.05, 4.69) is 37.6 Å². The highest BCUT2D eigenvalue weighted by Gasteiger charge is 2.14. The lowest BCUT2D eigenvalue weighted by atomic mass is 10.1. The Kier molecular flexibility index (Phi) is 6.55. The SMILES string of the molecule is CCCC[C@@H](CCO)Nc1nc(N)ncc1OCc1cn[nH]n1. The van der Waals surface area contributed by atoms with Gasteiger partial charge in [0.2, 0.25) is 5.95 Å². The van der Waals surface area contributed by atoms with Crippen molar-refractivity contribution >= 4 is 11.8 Å². The van der Waals surface area contributed by atoms with Crippen molar-refractivity contribution in [1.82, 2.24) is 25.4 Å². The van der Waals surface area contributed by atoms with Crippen molar-refractivity contribution in [2.75, 3.05) is 17.7 Å². The summed E-state index contributed by atoms with van der Waals surface area (Å²) in [6, 6.07) is 0.101. The first kappa shape index (κ1) is 16.9. The number of nitrogen functional groups attached to an aromatic ring is 1. The van der Waals surface area contributed by atoms with Crippen LogP contribution in [0.25, 0.3) is 0 Å². The van der Waals surface area contributed by atoms with E-state index in [1.165, 1.54) is 6.20 Å². The van der Waals surface area contributed by atoms with Gasteiger partial charge < -0.3 is 20.9 Å². The molecule has 0 aliphatic rings. The molecule has 9 nitrogen and oxygen atoms in total. The monoisotopic (exact) mass is 321 g/mol. The molecule has 0 aliphatic carbocycles. The van der Waals surface area contributed by atoms with Crippen LogP contribution in [0, 0.1) is 0 Å². The van der Waals surface area contributed by atoms with E-state index in [-0.39, 0.29) is 25.2 Å². The third-order valence-corrected chi connectivity index (χ3v) is 3.34. The molecule has 0 fully saturated rings. The van der Waals surface area contributed by atoms with Gasteiger partial charge in [-0.25, -0.2) is 4.98 Å². The van der Waals surface area contributed by atoms with Crippen LogP contribution in [0.5, 0.6) is 5.75 Å². The highest BCUT2D eigenvalue weighted by molar-refractivity contribution is 5.51. The van der Waals surface area contributed by atoms with Gasteiger partial charge in [-0.05, 0) is 12.8 Å². The number of aliphatic hydroxyl groups excluding tert-OH is 1. The molecule has 0 aromatic carbocycles. The first-order valence-electron chi connectivity index (χ1n) is 7.70. The summed E-state index contributed by atoms with van der Waals surface area (Å²) in [6.07, 6.45) is 6.83. The number of rotatable bonds is 10. The number of hydrogen-bond donors (Lipinski definition) is 4. The number of nitrogens with one attached hydrogen (secondary N) is 2. The van der Waals surface area contributed by atoms with E-state index < -0.39 is 0 Å². The van der Waals surface area contributed by atoms with Gasteiger partial charge in [0.25, 0.3) is 0 Å². The number of H-pyrrole nitrogens is 1. The molecule has 0 bridgehead atoms. The Hall–Kier alpha value is -2.42. The molecule has 2 heterocycles. The lowest BCUT2D eigenvalue weighted by Crippen LogP contribution is -2.22. The highest BCUT2D eigenvalue weighted by Crippen LogP contribution is 2.24. The predicted molar refractivity (Wildman–Crippen MR) is 85.8 cm³/mol. The molecule has 2 aromatic heterocycles. The number of aliphatic hydroxyl groups is 1. The molecule has 0 aliphatic heterocycles. The maximum absolute atomic E-state index is 9.22. The van der Waals surface area contributed by atoms with Crippen molar-refractivity contribution in [3.05, 3.63) is 18.1 Å².